The van der Waals surface area contributed by atoms with Crippen LogP contribution in [0.4, 0.5) is 5.82 Å². The molecule has 20 heavy (non-hydrogen) atoms. The normalized spacial score (nSPS) is 10.9. The molecule has 0 aliphatic rings. The van der Waals surface area contributed by atoms with E-state index < -0.39 is 0 Å². The Balaban J connectivity index is 1.88. The zero-order chi connectivity index (χ0) is 14.1. The molecular formula is C16H17N3S. The molecule has 0 fully saturated rings. The van der Waals surface area contributed by atoms with Gasteiger partial charge >= 0.3 is 0 Å². The number of aryl methyl sites for hydroxylation is 3. The van der Waals surface area contributed by atoms with Crippen LogP contribution in [-0.2, 0) is 6.54 Å². The molecule has 102 valence electrons. The van der Waals surface area contributed by atoms with Crippen molar-refractivity contribution in [3.8, 4) is 0 Å². The molecule has 0 aliphatic carbocycles. The minimum Gasteiger partial charge on any atom is -0.365 e. The molecule has 2 aromatic heterocycles. The highest BCUT2D eigenvalue weighted by Gasteiger charge is 2.08. The summed E-state index contributed by atoms with van der Waals surface area (Å²) in [5, 5.41) is 4.55. The Hall–Kier alpha value is -1.94. The van der Waals surface area contributed by atoms with Gasteiger partial charge in [0.15, 0.2) is 0 Å². The zero-order valence-corrected chi connectivity index (χ0v) is 12.7. The monoisotopic (exact) mass is 283 g/mol. The average Bonchev–Trinajstić information content (AvgIpc) is 2.78. The highest BCUT2D eigenvalue weighted by Crippen LogP contribution is 2.28. The van der Waals surface area contributed by atoms with Gasteiger partial charge in [-0.25, -0.2) is 9.97 Å². The molecule has 4 heteroatoms. The lowest BCUT2D eigenvalue weighted by Crippen LogP contribution is -2.03. The van der Waals surface area contributed by atoms with E-state index in [0.717, 1.165) is 28.4 Å². The molecule has 0 radical (unpaired) electrons. The Bertz CT molecular complexity index is 744. The minimum absolute atomic E-state index is 0.778. The quantitative estimate of drug-likeness (QED) is 0.781. The van der Waals surface area contributed by atoms with Crippen LogP contribution in [0, 0.1) is 20.8 Å². The van der Waals surface area contributed by atoms with E-state index in [4.69, 9.17) is 0 Å². The number of rotatable bonds is 3. The number of hydrogen-bond acceptors (Lipinski definition) is 4. The van der Waals surface area contributed by atoms with Crippen molar-refractivity contribution < 1.29 is 0 Å². The summed E-state index contributed by atoms with van der Waals surface area (Å²) in [5.41, 5.74) is 2.54. The Labute approximate surface area is 122 Å². The van der Waals surface area contributed by atoms with Crippen molar-refractivity contribution in [1.29, 1.82) is 0 Å². The molecule has 0 bridgehead atoms. The zero-order valence-electron chi connectivity index (χ0n) is 11.9. The van der Waals surface area contributed by atoms with Crippen LogP contribution in [0.25, 0.3) is 10.2 Å². The maximum atomic E-state index is 4.53. The van der Waals surface area contributed by atoms with Gasteiger partial charge in [0.1, 0.15) is 16.5 Å². The maximum Gasteiger partial charge on any atom is 0.138 e. The standard InChI is InChI=1S/C16H17N3S/c1-10-4-6-13(7-5-10)9-17-15-14-8-11(2)20-16(14)19-12(3)18-15/h4-8H,9H2,1-3H3,(H,17,18,19). The lowest BCUT2D eigenvalue weighted by molar-refractivity contribution is 1.05. The summed E-state index contributed by atoms with van der Waals surface area (Å²) >= 11 is 1.71. The molecule has 0 saturated heterocycles. The van der Waals surface area contributed by atoms with E-state index in [0.29, 0.717) is 0 Å². The summed E-state index contributed by atoms with van der Waals surface area (Å²) in [6.45, 7) is 6.92. The van der Waals surface area contributed by atoms with Crippen LogP contribution in [-0.4, -0.2) is 9.97 Å². The Morgan fingerprint density at radius 1 is 1.05 bits per heavy atom. The number of benzene rings is 1. The highest BCUT2D eigenvalue weighted by atomic mass is 32.1. The van der Waals surface area contributed by atoms with Crippen molar-refractivity contribution in [3.05, 3.63) is 52.2 Å². The van der Waals surface area contributed by atoms with E-state index in [2.05, 4.69) is 59.5 Å². The van der Waals surface area contributed by atoms with Gasteiger partial charge in [0.2, 0.25) is 0 Å². The average molecular weight is 283 g/mol. The smallest absolute Gasteiger partial charge is 0.138 e. The van der Waals surface area contributed by atoms with Crippen LogP contribution in [0.15, 0.2) is 30.3 Å². The second-order valence-corrected chi connectivity index (χ2v) is 6.27. The van der Waals surface area contributed by atoms with Gasteiger partial charge in [-0.05, 0) is 32.4 Å². The molecule has 0 unspecified atom stereocenters. The summed E-state index contributed by atoms with van der Waals surface area (Å²) in [5.74, 6) is 1.74. The van der Waals surface area contributed by atoms with Crippen molar-refractivity contribution in [2.75, 3.05) is 5.32 Å². The molecule has 1 N–H and O–H groups in total. The topological polar surface area (TPSA) is 37.8 Å². The number of hydrogen-bond donors (Lipinski definition) is 1. The number of nitrogens with zero attached hydrogens (tertiary/aromatic N) is 2. The predicted octanol–water partition coefficient (Wildman–Crippen LogP) is 4.23. The van der Waals surface area contributed by atoms with E-state index in [-0.39, 0.29) is 0 Å². The van der Waals surface area contributed by atoms with Gasteiger partial charge in [-0.3, -0.25) is 0 Å². The highest BCUT2D eigenvalue weighted by molar-refractivity contribution is 7.18. The van der Waals surface area contributed by atoms with Crippen molar-refractivity contribution in [1.82, 2.24) is 9.97 Å². The Kier molecular flexibility index (Phi) is 3.40. The van der Waals surface area contributed by atoms with Crippen molar-refractivity contribution >= 4 is 27.4 Å². The van der Waals surface area contributed by atoms with Crippen LogP contribution in [0.1, 0.15) is 21.8 Å². The van der Waals surface area contributed by atoms with Gasteiger partial charge in [0.25, 0.3) is 0 Å². The molecule has 0 atom stereocenters. The van der Waals surface area contributed by atoms with Gasteiger partial charge < -0.3 is 5.32 Å². The fourth-order valence-electron chi connectivity index (χ4n) is 2.18. The first kappa shape index (κ1) is 13.1. The third kappa shape index (κ3) is 2.65. The van der Waals surface area contributed by atoms with E-state index in [1.54, 1.807) is 11.3 Å². The lowest BCUT2D eigenvalue weighted by Gasteiger charge is -2.08. The first-order chi connectivity index (χ1) is 9.61. The van der Waals surface area contributed by atoms with Crippen LogP contribution < -0.4 is 5.32 Å². The molecule has 3 rings (SSSR count). The molecule has 3 aromatic rings. The molecule has 0 spiro atoms. The number of fused-ring (bicyclic) bond motifs is 1. The minimum atomic E-state index is 0.778. The third-order valence-corrected chi connectivity index (χ3v) is 4.15. The van der Waals surface area contributed by atoms with Crippen molar-refractivity contribution in [2.45, 2.75) is 27.3 Å². The molecule has 1 aromatic carbocycles. The molecule has 0 saturated carbocycles. The van der Waals surface area contributed by atoms with Gasteiger partial charge in [-0.15, -0.1) is 11.3 Å². The van der Waals surface area contributed by atoms with E-state index >= 15 is 0 Å². The van der Waals surface area contributed by atoms with Gasteiger partial charge in [-0.2, -0.15) is 0 Å². The Morgan fingerprint density at radius 2 is 1.80 bits per heavy atom. The van der Waals surface area contributed by atoms with Crippen molar-refractivity contribution in [2.24, 2.45) is 0 Å². The summed E-state index contributed by atoms with van der Waals surface area (Å²) in [7, 11) is 0. The third-order valence-electron chi connectivity index (χ3n) is 3.21. The lowest BCUT2D eigenvalue weighted by atomic mass is 10.1. The van der Waals surface area contributed by atoms with Gasteiger partial charge in [0.05, 0.1) is 5.39 Å². The molecule has 0 aliphatic heterocycles. The maximum absolute atomic E-state index is 4.53. The summed E-state index contributed by atoms with van der Waals surface area (Å²) in [6, 6.07) is 10.7. The number of aromatic nitrogens is 2. The van der Waals surface area contributed by atoms with Crippen LogP contribution in [0.3, 0.4) is 0 Å². The van der Waals surface area contributed by atoms with Crippen LogP contribution in [0.5, 0.6) is 0 Å². The van der Waals surface area contributed by atoms with Crippen molar-refractivity contribution in [3.63, 3.8) is 0 Å². The second-order valence-electron chi connectivity index (χ2n) is 5.03. The van der Waals surface area contributed by atoms with E-state index in [9.17, 15) is 0 Å². The van der Waals surface area contributed by atoms with Crippen LogP contribution in [0.2, 0.25) is 0 Å². The molecule has 2 heterocycles. The second kappa shape index (κ2) is 5.21. The largest absolute Gasteiger partial charge is 0.365 e. The molecular weight excluding hydrogens is 266 g/mol. The fourth-order valence-corrected chi connectivity index (χ4v) is 3.10. The summed E-state index contributed by atoms with van der Waals surface area (Å²) < 4.78 is 0. The molecule has 0 amide bonds. The number of anilines is 1. The first-order valence-corrected chi connectivity index (χ1v) is 7.47. The summed E-state index contributed by atoms with van der Waals surface area (Å²) in [6.07, 6.45) is 0. The Morgan fingerprint density at radius 3 is 2.55 bits per heavy atom. The number of nitrogens with one attached hydrogen (secondary N) is 1. The first-order valence-electron chi connectivity index (χ1n) is 6.66. The predicted molar refractivity (Wildman–Crippen MR) is 85.4 cm³/mol. The SMILES string of the molecule is Cc1ccc(CNc2nc(C)nc3sc(C)cc23)cc1. The fraction of sp³-hybridized carbons (Fsp3) is 0.250. The van der Waals surface area contributed by atoms with E-state index in [1.165, 1.54) is 16.0 Å². The summed E-state index contributed by atoms with van der Waals surface area (Å²) in [4.78, 5) is 11.3. The molecule has 3 nitrogen and oxygen atoms in total. The van der Waals surface area contributed by atoms with Gasteiger partial charge in [-0.1, -0.05) is 29.8 Å². The number of thiophene rings is 1. The van der Waals surface area contributed by atoms with Crippen LogP contribution >= 0.6 is 11.3 Å². The van der Waals surface area contributed by atoms with E-state index in [1.807, 2.05) is 6.92 Å². The van der Waals surface area contributed by atoms with Gasteiger partial charge in [0, 0.05) is 11.4 Å².